The van der Waals surface area contributed by atoms with Crippen LogP contribution in [0, 0.1) is 23.7 Å². The van der Waals surface area contributed by atoms with E-state index in [2.05, 4.69) is 57.8 Å². The second-order valence-electron chi connectivity index (χ2n) is 40.5. The van der Waals surface area contributed by atoms with E-state index >= 15 is 14.4 Å². The fourth-order valence-electron chi connectivity index (χ4n) is 18.3. The van der Waals surface area contributed by atoms with Crippen molar-refractivity contribution < 1.29 is 121 Å². The summed E-state index contributed by atoms with van der Waals surface area (Å²) < 4.78 is 10.7. The molecule has 39 nitrogen and oxygen atoms in total. The molecule has 2 saturated heterocycles. The van der Waals surface area contributed by atoms with E-state index in [1.807, 2.05) is 48.5 Å². The van der Waals surface area contributed by atoms with Gasteiger partial charge in [0.2, 0.25) is 53.2 Å². The van der Waals surface area contributed by atoms with Crippen LogP contribution in [0.2, 0.25) is 0 Å². The van der Waals surface area contributed by atoms with E-state index in [0.29, 0.717) is 59.1 Å². The van der Waals surface area contributed by atoms with Crippen molar-refractivity contribution in [3.05, 3.63) is 216 Å². The fourth-order valence-corrected chi connectivity index (χ4v) is 18.3. The Kier molecular flexibility index (Phi) is 43.3. The lowest BCUT2D eigenvalue weighted by atomic mass is 9.87. The lowest BCUT2D eigenvalue weighted by molar-refractivity contribution is -0.144. The van der Waals surface area contributed by atoms with Gasteiger partial charge in [-0.25, -0.2) is 9.59 Å². The van der Waals surface area contributed by atoms with E-state index < -0.39 is 234 Å². The highest BCUT2D eigenvalue weighted by Crippen LogP contribution is 2.31. The van der Waals surface area contributed by atoms with E-state index in [1.54, 1.807) is 139 Å². The van der Waals surface area contributed by atoms with E-state index in [9.17, 15) is 97.5 Å². The number of ether oxygens (including phenoxy) is 2. The smallest absolute Gasteiger partial charge is 0.407 e. The number of aromatic hydroxyl groups is 2. The number of rotatable bonds is 34. The van der Waals surface area contributed by atoms with Crippen molar-refractivity contribution in [2.75, 3.05) is 40.3 Å². The maximum absolute atomic E-state index is 15.1. The highest BCUT2D eigenvalue weighted by molar-refractivity contribution is 6.13. The Labute approximate surface area is 870 Å². The average Bonchev–Trinajstić information content (AvgIpc) is 1.54. The summed E-state index contributed by atoms with van der Waals surface area (Å²) in [4.78, 5) is 261. The third kappa shape index (κ3) is 36.1. The number of aliphatic carboxylic acids is 1. The summed E-state index contributed by atoms with van der Waals surface area (Å²) in [5.74, 6) is -16.2. The number of hydrogen-bond acceptors (Lipinski definition) is 24. The Balaban J connectivity index is 0.000000309. The van der Waals surface area contributed by atoms with Gasteiger partial charge in [0.15, 0.2) is 23.1 Å². The number of unbranched alkanes of at least 4 members (excludes halogenated alkanes) is 2. The minimum atomic E-state index is -1.66. The first-order chi connectivity index (χ1) is 71.2. The molecule has 39 heteroatoms. The molecule has 14 atom stereocenters. The number of nitrogens with one attached hydrogen (secondary N) is 11. The molecule has 0 aliphatic carbocycles. The summed E-state index contributed by atoms with van der Waals surface area (Å²) >= 11 is 0. The molecule has 0 radical (unpaired) electrons. The average molecular weight is 2070 g/mol. The third-order valence-corrected chi connectivity index (χ3v) is 26.4. The van der Waals surface area contributed by atoms with Crippen molar-refractivity contribution in [3.63, 3.8) is 0 Å². The molecule has 0 spiro atoms. The first kappa shape index (κ1) is 117. The number of H-pyrrole nitrogens is 2. The number of aromatic amines is 2. The number of aliphatic hydroxyl groups excluding tert-OH is 2. The van der Waals surface area contributed by atoms with Gasteiger partial charge in [0.05, 0.1) is 36.4 Å². The van der Waals surface area contributed by atoms with Crippen molar-refractivity contribution in [2.45, 2.75) is 262 Å². The molecule has 13 amide bonds. The number of phenolic OH excluding ortho intramolecular Hbond substituents is 2. The number of carboxylic acid groups (broad SMARTS) is 1. The zero-order valence-corrected chi connectivity index (χ0v) is 86.3. The first-order valence-corrected chi connectivity index (χ1v) is 50.8. The Morgan fingerprint density at radius 2 is 0.733 bits per heavy atom. The van der Waals surface area contributed by atoms with Crippen LogP contribution in [0.5, 0.6) is 11.5 Å². The van der Waals surface area contributed by atoms with Gasteiger partial charge in [-0.05, 0) is 183 Å². The summed E-state index contributed by atoms with van der Waals surface area (Å²) in [6, 6.07) is 32.6. The topological polar surface area (TPSA) is 576 Å². The van der Waals surface area contributed by atoms with Gasteiger partial charge in [0.25, 0.3) is 11.8 Å². The zero-order chi connectivity index (χ0) is 109. The zero-order valence-electron chi connectivity index (χ0n) is 86.3. The number of likely N-dealkylation sites (N-methyl/N-ethyl adjacent to an activating group) is 2. The van der Waals surface area contributed by atoms with Crippen molar-refractivity contribution in [1.29, 1.82) is 0 Å². The maximum Gasteiger partial charge on any atom is 0.407 e. The van der Waals surface area contributed by atoms with Crippen LogP contribution in [0.15, 0.2) is 182 Å². The number of benzene rings is 6. The van der Waals surface area contributed by atoms with Crippen LogP contribution in [0.1, 0.15) is 185 Å². The number of aromatic nitrogens is 2. The molecule has 8 aromatic rings. The molecular weight excluding hydrogens is 1930 g/mol. The molecule has 0 bridgehead atoms. The summed E-state index contributed by atoms with van der Waals surface area (Å²) in [6.07, 6.45) is -0.698. The number of alkyl carbamates (subject to hydrolysis) is 2. The molecule has 2 fully saturated rings. The van der Waals surface area contributed by atoms with Gasteiger partial charge < -0.3 is 103 Å². The quantitative estimate of drug-likeness (QED) is 0.0134. The number of carbonyl (C=O) groups excluding carboxylic acids is 17. The molecule has 804 valence electrons. The Bertz CT molecular complexity index is 6070. The SMILES string of the molecule is C[C@@H](O)[C@@H]1NC(=O)[C@H](CCCCNC(=O)OC(C)(C)C)CC(=O)[C@@H](Cc2c[nH]c3ccccc23)NC(=O)[C@H](Cc2ccc(O)cc2)CC(=O)[C@H](CCC(=O)NCCCN2C(=O)C=CC2=O)N(C)C(=O)[C@H](Cc2ccccc2)NC1=O.C[C@@H](O)[C@@H]1NC(=O)[C@H](CCCCNC(=O)OC(C)(C)C)CC(=O)[C@@H](Cc2c[nH]c3ccccc23)NC(=O)[C@H](Cc2ccc(O)cc2)CC(=O)[C@H](CCC(=O)O)N(C)C(=O)[C@H](Cc2ccccc2)NC1=O. The minimum absolute atomic E-state index is 0.0391. The molecule has 6 aromatic carbocycles. The number of ketones is 4. The van der Waals surface area contributed by atoms with E-state index in [4.69, 9.17) is 9.47 Å². The predicted octanol–water partition coefficient (Wildman–Crippen LogP) is 7.92. The molecule has 2 aromatic heterocycles. The van der Waals surface area contributed by atoms with E-state index in [1.165, 1.54) is 52.2 Å². The summed E-state index contributed by atoms with van der Waals surface area (Å²) in [6.45, 7) is 13.4. The number of Topliss-reactive ketones (excluding diaryl/α,β-unsaturated/α-hetero) is 4. The molecule has 16 N–H and O–H groups in total. The van der Waals surface area contributed by atoms with Crippen LogP contribution in [0.25, 0.3) is 21.8 Å². The minimum Gasteiger partial charge on any atom is -0.508 e. The Morgan fingerprint density at radius 1 is 0.387 bits per heavy atom. The fraction of sp³-hybridized carbons (Fsp3) is 0.459. The highest BCUT2D eigenvalue weighted by atomic mass is 16.6. The number of carboxylic acids is 1. The normalized spacial score (nSPS) is 21.6. The van der Waals surface area contributed by atoms with Gasteiger partial charge in [-0.15, -0.1) is 0 Å². The monoisotopic (exact) mass is 2070 g/mol. The van der Waals surface area contributed by atoms with Crippen molar-refractivity contribution in [1.82, 2.24) is 72.5 Å². The number of fused-ring (bicyclic) bond motifs is 2. The third-order valence-electron chi connectivity index (χ3n) is 26.4. The predicted molar refractivity (Wildman–Crippen MR) is 554 cm³/mol. The van der Waals surface area contributed by atoms with Gasteiger partial charge >= 0.3 is 18.2 Å². The molecular formula is C111H140N14O25. The van der Waals surface area contributed by atoms with Gasteiger partial charge in [-0.3, -0.25) is 81.6 Å². The maximum atomic E-state index is 15.1. The summed E-state index contributed by atoms with van der Waals surface area (Å²) in [5, 5.41) is 78.3. The molecule has 3 aliphatic heterocycles. The van der Waals surface area contributed by atoms with Crippen molar-refractivity contribution in [2.24, 2.45) is 23.7 Å². The van der Waals surface area contributed by atoms with Gasteiger partial charge in [-0.1, -0.05) is 134 Å². The molecule has 0 unspecified atom stereocenters. The number of amides is 13. The van der Waals surface area contributed by atoms with Crippen LogP contribution in [-0.4, -0.2) is 268 Å². The number of phenols is 2. The molecule has 0 saturated carbocycles. The Hall–Kier alpha value is -15.3. The van der Waals surface area contributed by atoms with Crippen LogP contribution >= 0.6 is 0 Å². The highest BCUT2D eigenvalue weighted by Gasteiger charge is 2.43. The van der Waals surface area contributed by atoms with Gasteiger partial charge in [-0.2, -0.15) is 0 Å². The Morgan fingerprint density at radius 3 is 1.11 bits per heavy atom. The van der Waals surface area contributed by atoms with Crippen molar-refractivity contribution >= 4 is 128 Å². The molecule has 5 heterocycles. The van der Waals surface area contributed by atoms with E-state index in [0.717, 1.165) is 48.7 Å². The van der Waals surface area contributed by atoms with Crippen LogP contribution in [-0.2, 0) is 125 Å². The lowest BCUT2D eigenvalue weighted by Gasteiger charge is -2.33. The largest absolute Gasteiger partial charge is 0.508 e. The molecule has 3 aliphatic rings. The van der Waals surface area contributed by atoms with Crippen molar-refractivity contribution in [3.8, 4) is 11.5 Å². The second kappa shape index (κ2) is 55.7. The number of para-hydroxylation sites is 2. The number of nitrogens with zero attached hydrogens (tertiary/aromatic N) is 3. The molecule has 11 rings (SSSR count). The number of imide groups is 1. The van der Waals surface area contributed by atoms with Crippen LogP contribution in [0.4, 0.5) is 9.59 Å². The van der Waals surface area contributed by atoms with Gasteiger partial charge in [0, 0.05) is 175 Å². The number of hydrogen-bond donors (Lipinski definition) is 16. The first-order valence-electron chi connectivity index (χ1n) is 50.8. The second-order valence-corrected chi connectivity index (χ2v) is 40.5. The standard InChI is InChI=1S/C59H74N8O13.C52H66N6O12/c1-36(68)53-56(77)64-46(31-37-14-7-6-8-15-37)57(78)66(5)47(23-24-50(72)60-28-13-29-67-51(73)25-26-52(67)74)49(71)34-40(30-38-19-21-42(69)22-20-38)55(76)63-45(32-41-35-62-44-18-10-9-17-43(41)44)48(70)33-39(54(75)65-53)16-11-12-27-61-58(79)80-59(2,3)4;1-31(59)46-49(67)56-41(26-32-13-7-6-8-14-32)50(68)58(5)42(22-23-45(63)64)44(62)29-35(25-33-18-20-37(60)21-19-33)48(66)55-40(27-36-30-54-39-17-10-9-16-38(36)39)43(61)28-34(47(65)57-46)15-11-12-24-53-51(69)70-52(2,3)4/h6-10,14-15,17-22,25-26,35-36,39-40,45-47,53,62,68-69H,11-13,16,23-24,27-34H2,1-5H3,(H,60,72)(H,61,79)(H,63,76)(H,64,77)(H,65,75);6-10,13-14,16-21,30-31,34-35,40-42,46,54,59-60H,11-12,15,22-29H2,1-5H3,(H,53,69)(H,55,66)(H,56,67)(H,57,65)(H,63,64)/t36-,39-,40-,45-,46+,47+,53+;31-,34-,35-,40-,41+,42+,46+/m11/s1. The summed E-state index contributed by atoms with van der Waals surface area (Å²) in [7, 11) is 2.65. The molecule has 150 heavy (non-hydrogen) atoms. The van der Waals surface area contributed by atoms with Gasteiger partial charge in [0.1, 0.15) is 46.9 Å². The van der Waals surface area contributed by atoms with E-state index in [-0.39, 0.29) is 115 Å². The van der Waals surface area contributed by atoms with Crippen LogP contribution < -0.4 is 47.9 Å². The van der Waals surface area contributed by atoms with Crippen LogP contribution in [0.3, 0.4) is 0 Å². The number of aliphatic hydroxyl groups is 2. The summed E-state index contributed by atoms with van der Waals surface area (Å²) in [5.41, 5.74) is 3.68. The number of carbonyl (C=O) groups is 18. The lowest BCUT2D eigenvalue weighted by Crippen LogP contribution is -2.59.